The van der Waals surface area contributed by atoms with Crippen molar-refractivity contribution in [2.45, 2.75) is 51.1 Å². The Balaban J connectivity index is 1.87. The molecule has 0 N–H and O–H groups in total. The lowest BCUT2D eigenvalue weighted by Gasteiger charge is -2.28. The third-order valence-electron chi connectivity index (χ3n) is 6.35. The fraction of sp³-hybridized carbons (Fsp3) is 0.462. The zero-order valence-electron chi connectivity index (χ0n) is 21.4. The second-order valence-electron chi connectivity index (χ2n) is 9.32. The first kappa shape index (κ1) is 27.5. The van der Waals surface area contributed by atoms with Gasteiger partial charge >= 0.3 is 0 Å². The lowest BCUT2D eigenvalue weighted by atomic mass is 10.1. The smallest absolute Gasteiger partial charge is 0.264 e. The Morgan fingerprint density at radius 2 is 1.84 bits per heavy atom. The van der Waals surface area contributed by atoms with Crippen LogP contribution in [-0.2, 0) is 21.3 Å². The van der Waals surface area contributed by atoms with Gasteiger partial charge < -0.3 is 9.30 Å². The maximum absolute atomic E-state index is 14.9. The molecule has 0 aliphatic carbocycles. The number of anilines is 1. The van der Waals surface area contributed by atoms with Crippen LogP contribution in [0, 0.1) is 5.82 Å². The molecule has 1 saturated heterocycles. The lowest BCUT2D eigenvalue weighted by molar-refractivity contribution is 0.0324. The number of unbranched alkanes of at least 4 members (excludes halogenated alkanes) is 1. The summed E-state index contributed by atoms with van der Waals surface area (Å²) in [4.78, 5) is 2.37. The van der Waals surface area contributed by atoms with E-state index in [1.54, 1.807) is 18.2 Å². The fourth-order valence-electron chi connectivity index (χ4n) is 4.43. The summed E-state index contributed by atoms with van der Waals surface area (Å²) in [6.07, 6.45) is 1.35. The largest absolute Gasteiger partial charge is 0.379 e. The van der Waals surface area contributed by atoms with Gasteiger partial charge in [-0.1, -0.05) is 43.1 Å². The van der Waals surface area contributed by atoms with Gasteiger partial charge in [0.15, 0.2) is 5.82 Å². The third-order valence-corrected chi connectivity index (χ3v) is 8.46. The van der Waals surface area contributed by atoms with Crippen LogP contribution in [0.25, 0.3) is 11.4 Å². The number of ether oxygens (including phenoxy) is 1. The van der Waals surface area contributed by atoms with E-state index in [1.807, 2.05) is 25.3 Å². The molecule has 0 bridgehead atoms. The van der Waals surface area contributed by atoms with Crippen LogP contribution in [-0.4, -0.2) is 60.9 Å². The number of morpholine rings is 1. The fourth-order valence-corrected chi connectivity index (χ4v) is 6.13. The number of halogens is 2. The predicted octanol–water partition coefficient (Wildman–Crippen LogP) is 5.15. The molecule has 4 rings (SSSR count). The van der Waals surface area contributed by atoms with Gasteiger partial charge in [0.2, 0.25) is 0 Å². The number of hydrogen-bond donors (Lipinski definition) is 0. The zero-order valence-corrected chi connectivity index (χ0v) is 23.0. The minimum Gasteiger partial charge on any atom is -0.379 e. The normalized spacial score (nSPS) is 14.9. The van der Waals surface area contributed by atoms with Crippen LogP contribution >= 0.6 is 11.6 Å². The highest BCUT2D eigenvalue weighted by atomic mass is 35.5. The Kier molecular flexibility index (Phi) is 8.84. The van der Waals surface area contributed by atoms with Crippen molar-refractivity contribution in [1.82, 2.24) is 19.7 Å². The van der Waals surface area contributed by atoms with E-state index in [2.05, 4.69) is 15.1 Å². The molecule has 0 amide bonds. The van der Waals surface area contributed by atoms with Crippen molar-refractivity contribution in [3.8, 4) is 11.4 Å². The monoisotopic (exact) mass is 549 g/mol. The van der Waals surface area contributed by atoms with Crippen LogP contribution in [0.1, 0.15) is 45.5 Å². The first-order valence-corrected chi connectivity index (χ1v) is 14.4. The van der Waals surface area contributed by atoms with Gasteiger partial charge in [-0.2, -0.15) is 0 Å². The van der Waals surface area contributed by atoms with Crippen molar-refractivity contribution in [1.29, 1.82) is 0 Å². The molecule has 1 aliphatic heterocycles. The molecule has 0 saturated carbocycles. The Bertz CT molecular complexity index is 1310. The van der Waals surface area contributed by atoms with Crippen LogP contribution in [0.4, 0.5) is 10.1 Å². The molecule has 1 fully saturated rings. The second kappa shape index (κ2) is 11.9. The van der Waals surface area contributed by atoms with E-state index in [4.69, 9.17) is 16.3 Å². The Labute approximate surface area is 223 Å². The van der Waals surface area contributed by atoms with Gasteiger partial charge in [-0.3, -0.25) is 9.21 Å². The molecule has 0 radical (unpaired) electrons. The van der Waals surface area contributed by atoms with E-state index in [1.165, 1.54) is 28.6 Å². The second-order valence-corrected chi connectivity index (χ2v) is 11.6. The van der Waals surface area contributed by atoms with E-state index < -0.39 is 15.8 Å². The maximum atomic E-state index is 14.9. The average Bonchev–Trinajstić information content (AvgIpc) is 3.30. The number of nitrogens with zero attached hydrogens (tertiary/aromatic N) is 5. The minimum atomic E-state index is -3.99. The van der Waals surface area contributed by atoms with E-state index in [-0.39, 0.29) is 28.2 Å². The quantitative estimate of drug-likeness (QED) is 0.348. The number of hydrogen-bond acceptors (Lipinski definition) is 6. The standard InChI is InChI=1S/C26H33ClFN5O3S/c1-4-5-11-32(37(34,35)20-9-7-6-8-10-20)24-17-23(28)22(27)16-21(24)26-30-29-25(33(26)19(2)3)18-31-12-14-36-15-13-31/h6-10,16-17,19H,4-5,11-15,18H2,1-3H3. The first-order chi connectivity index (χ1) is 17.7. The van der Waals surface area contributed by atoms with Gasteiger partial charge in [0, 0.05) is 37.3 Å². The molecule has 11 heteroatoms. The van der Waals surface area contributed by atoms with Gasteiger partial charge in [0.25, 0.3) is 10.0 Å². The first-order valence-electron chi connectivity index (χ1n) is 12.5. The summed E-state index contributed by atoms with van der Waals surface area (Å²) < 4.78 is 51.2. The van der Waals surface area contributed by atoms with Gasteiger partial charge in [0.1, 0.15) is 11.6 Å². The van der Waals surface area contributed by atoms with Crippen molar-refractivity contribution < 1.29 is 17.5 Å². The molecule has 0 atom stereocenters. The van der Waals surface area contributed by atoms with Crippen molar-refractivity contribution in [3.05, 3.63) is 59.1 Å². The van der Waals surface area contributed by atoms with Crippen LogP contribution in [0.2, 0.25) is 5.02 Å². The minimum absolute atomic E-state index is 0.0347. The predicted molar refractivity (Wildman–Crippen MR) is 143 cm³/mol. The molecule has 200 valence electrons. The Hall–Kier alpha value is -2.53. The summed E-state index contributed by atoms with van der Waals surface area (Å²) >= 11 is 6.25. The highest BCUT2D eigenvalue weighted by Crippen LogP contribution is 2.38. The van der Waals surface area contributed by atoms with Crippen molar-refractivity contribution in [3.63, 3.8) is 0 Å². The summed E-state index contributed by atoms with van der Waals surface area (Å²) in [5.41, 5.74) is 0.600. The Morgan fingerprint density at radius 1 is 1.14 bits per heavy atom. The summed E-state index contributed by atoms with van der Waals surface area (Å²) in [7, 11) is -3.99. The molecule has 3 aromatic rings. The molecular weight excluding hydrogens is 517 g/mol. The number of aromatic nitrogens is 3. The molecule has 37 heavy (non-hydrogen) atoms. The van der Waals surface area contributed by atoms with Gasteiger partial charge in [-0.25, -0.2) is 12.8 Å². The highest BCUT2D eigenvalue weighted by Gasteiger charge is 2.30. The van der Waals surface area contributed by atoms with Crippen molar-refractivity contribution in [2.75, 3.05) is 37.2 Å². The third kappa shape index (κ3) is 5.98. The Morgan fingerprint density at radius 3 is 2.49 bits per heavy atom. The summed E-state index contributed by atoms with van der Waals surface area (Å²) in [6.45, 7) is 9.63. The molecule has 2 heterocycles. The molecule has 2 aromatic carbocycles. The van der Waals surface area contributed by atoms with Crippen LogP contribution in [0.15, 0.2) is 47.4 Å². The molecule has 1 aliphatic rings. The number of benzene rings is 2. The number of rotatable bonds is 10. The molecule has 8 nitrogen and oxygen atoms in total. The van der Waals surface area contributed by atoms with Crippen LogP contribution < -0.4 is 4.31 Å². The van der Waals surface area contributed by atoms with E-state index >= 15 is 0 Å². The van der Waals surface area contributed by atoms with Gasteiger partial charge in [0.05, 0.1) is 35.4 Å². The summed E-state index contributed by atoms with van der Waals surface area (Å²) in [5.74, 6) is 0.485. The highest BCUT2D eigenvalue weighted by molar-refractivity contribution is 7.92. The number of sulfonamides is 1. The zero-order chi connectivity index (χ0) is 26.6. The van der Waals surface area contributed by atoms with Crippen molar-refractivity contribution in [2.24, 2.45) is 0 Å². The van der Waals surface area contributed by atoms with Gasteiger partial charge in [-0.15, -0.1) is 10.2 Å². The summed E-state index contributed by atoms with van der Waals surface area (Å²) in [5, 5.41) is 8.83. The molecule has 0 unspecified atom stereocenters. The molecule has 1 aromatic heterocycles. The lowest BCUT2D eigenvalue weighted by Crippen LogP contribution is -2.36. The van der Waals surface area contributed by atoms with E-state index in [9.17, 15) is 12.8 Å². The SMILES string of the molecule is CCCCN(c1cc(F)c(Cl)cc1-c1nnc(CN2CCOCC2)n1C(C)C)S(=O)(=O)c1ccccc1. The van der Waals surface area contributed by atoms with Gasteiger partial charge in [-0.05, 0) is 38.5 Å². The van der Waals surface area contributed by atoms with Crippen LogP contribution in [0.5, 0.6) is 0 Å². The molecule has 0 spiro atoms. The topological polar surface area (TPSA) is 80.6 Å². The molecular formula is C26H33ClFN5O3S. The van der Waals surface area contributed by atoms with E-state index in [0.29, 0.717) is 37.6 Å². The van der Waals surface area contributed by atoms with Crippen molar-refractivity contribution >= 4 is 27.3 Å². The maximum Gasteiger partial charge on any atom is 0.264 e. The van der Waals surface area contributed by atoms with E-state index in [0.717, 1.165) is 25.3 Å². The average molecular weight is 550 g/mol. The van der Waals surface area contributed by atoms with Crippen LogP contribution in [0.3, 0.4) is 0 Å². The summed E-state index contributed by atoms with van der Waals surface area (Å²) in [6, 6.07) is 10.8.